The van der Waals surface area contributed by atoms with Crippen molar-refractivity contribution in [3.63, 3.8) is 0 Å². The fraction of sp³-hybridized carbons (Fsp3) is 0.588. The zero-order chi connectivity index (χ0) is 15.9. The van der Waals surface area contributed by atoms with Crippen molar-refractivity contribution in [2.75, 3.05) is 31.5 Å². The molecule has 1 aliphatic heterocycles. The second-order valence-corrected chi connectivity index (χ2v) is 6.17. The fourth-order valence-corrected chi connectivity index (χ4v) is 2.78. The van der Waals surface area contributed by atoms with Gasteiger partial charge in [0, 0.05) is 12.6 Å². The highest BCUT2D eigenvalue weighted by atomic mass is 19.1. The summed E-state index contributed by atoms with van der Waals surface area (Å²) in [5.41, 5.74) is 1.07. The van der Waals surface area contributed by atoms with Crippen LogP contribution in [-0.2, 0) is 4.79 Å². The maximum absolute atomic E-state index is 13.7. The van der Waals surface area contributed by atoms with Crippen molar-refractivity contribution < 1.29 is 9.18 Å². The first kappa shape index (κ1) is 16.9. The van der Waals surface area contributed by atoms with Crippen molar-refractivity contribution in [3.05, 3.63) is 29.6 Å². The first-order valence-corrected chi connectivity index (χ1v) is 8.06. The molecule has 22 heavy (non-hydrogen) atoms. The normalized spacial score (nSPS) is 17.2. The number of nitrogens with zero attached hydrogens (tertiary/aromatic N) is 1. The van der Waals surface area contributed by atoms with E-state index in [1.54, 1.807) is 12.1 Å². The lowest BCUT2D eigenvalue weighted by molar-refractivity contribution is -0.115. The van der Waals surface area contributed by atoms with Crippen molar-refractivity contribution in [3.8, 4) is 0 Å². The van der Waals surface area contributed by atoms with Crippen LogP contribution in [0.1, 0.15) is 31.7 Å². The van der Waals surface area contributed by atoms with E-state index in [0.29, 0.717) is 0 Å². The Morgan fingerprint density at radius 2 is 2.05 bits per heavy atom. The van der Waals surface area contributed by atoms with Crippen LogP contribution in [0, 0.1) is 12.7 Å². The summed E-state index contributed by atoms with van der Waals surface area (Å²) in [5, 5.41) is 5.81. The SMILES string of the molecule is Cc1ccc(NC(=O)CN[C@H](C)CN2CCCCC2)c(F)c1. The Hall–Kier alpha value is -1.46. The van der Waals surface area contributed by atoms with Gasteiger partial charge in [-0.1, -0.05) is 12.5 Å². The molecule has 0 bridgehead atoms. The van der Waals surface area contributed by atoms with Gasteiger partial charge in [-0.25, -0.2) is 4.39 Å². The summed E-state index contributed by atoms with van der Waals surface area (Å²) < 4.78 is 13.7. The molecule has 5 heteroatoms. The highest BCUT2D eigenvalue weighted by molar-refractivity contribution is 5.92. The third-order valence-electron chi connectivity index (χ3n) is 3.99. The molecule has 0 saturated carbocycles. The number of piperidine rings is 1. The Balaban J connectivity index is 1.72. The molecule has 1 heterocycles. The number of anilines is 1. The number of nitrogens with one attached hydrogen (secondary N) is 2. The molecule has 1 saturated heterocycles. The first-order valence-electron chi connectivity index (χ1n) is 8.06. The summed E-state index contributed by atoms with van der Waals surface area (Å²) >= 11 is 0. The molecule has 1 aromatic rings. The van der Waals surface area contributed by atoms with Gasteiger partial charge in [-0.15, -0.1) is 0 Å². The molecule has 1 aliphatic rings. The van der Waals surface area contributed by atoms with E-state index in [2.05, 4.69) is 22.5 Å². The second kappa shape index (κ2) is 8.25. The van der Waals surface area contributed by atoms with Gasteiger partial charge in [-0.2, -0.15) is 0 Å². The van der Waals surface area contributed by atoms with E-state index < -0.39 is 5.82 Å². The topological polar surface area (TPSA) is 44.4 Å². The molecule has 2 N–H and O–H groups in total. The maximum Gasteiger partial charge on any atom is 0.238 e. The number of carbonyl (C=O) groups is 1. The van der Waals surface area contributed by atoms with Crippen LogP contribution in [0.15, 0.2) is 18.2 Å². The summed E-state index contributed by atoms with van der Waals surface area (Å²) in [7, 11) is 0. The van der Waals surface area contributed by atoms with E-state index in [1.165, 1.54) is 25.3 Å². The van der Waals surface area contributed by atoms with E-state index in [-0.39, 0.29) is 24.2 Å². The Labute approximate surface area is 132 Å². The highest BCUT2D eigenvalue weighted by Crippen LogP contribution is 2.15. The van der Waals surface area contributed by atoms with Gasteiger partial charge in [-0.3, -0.25) is 4.79 Å². The lowest BCUT2D eigenvalue weighted by Gasteiger charge is -2.29. The summed E-state index contributed by atoms with van der Waals surface area (Å²) in [6, 6.07) is 5.04. The number of hydrogen-bond donors (Lipinski definition) is 2. The Kier molecular flexibility index (Phi) is 6.34. The largest absolute Gasteiger partial charge is 0.322 e. The van der Waals surface area contributed by atoms with Gasteiger partial charge < -0.3 is 15.5 Å². The minimum atomic E-state index is -0.394. The molecule has 1 aromatic carbocycles. The molecule has 0 aliphatic carbocycles. The number of benzene rings is 1. The summed E-state index contributed by atoms with van der Waals surface area (Å²) in [6.45, 7) is 7.33. The standard InChI is InChI=1S/C17H26FN3O/c1-13-6-7-16(15(18)10-13)20-17(22)11-19-14(2)12-21-8-4-3-5-9-21/h6-7,10,14,19H,3-5,8-9,11-12H2,1-2H3,(H,20,22)/t14-/m1/s1. The van der Waals surface area contributed by atoms with Gasteiger partial charge in [-0.05, 0) is 57.5 Å². The summed E-state index contributed by atoms with van der Waals surface area (Å²) in [5.74, 6) is -0.608. The molecule has 0 spiro atoms. The zero-order valence-electron chi connectivity index (χ0n) is 13.5. The highest BCUT2D eigenvalue weighted by Gasteiger charge is 2.14. The summed E-state index contributed by atoms with van der Waals surface area (Å²) in [4.78, 5) is 14.3. The van der Waals surface area contributed by atoms with Gasteiger partial charge >= 0.3 is 0 Å². The van der Waals surface area contributed by atoms with Gasteiger partial charge in [0.15, 0.2) is 0 Å². The molecular weight excluding hydrogens is 281 g/mol. The van der Waals surface area contributed by atoms with E-state index in [9.17, 15) is 9.18 Å². The lowest BCUT2D eigenvalue weighted by Crippen LogP contribution is -2.43. The number of aryl methyl sites for hydroxylation is 1. The monoisotopic (exact) mass is 307 g/mol. The molecule has 1 amide bonds. The molecule has 0 unspecified atom stereocenters. The van der Waals surface area contributed by atoms with E-state index in [0.717, 1.165) is 25.2 Å². The molecule has 1 fully saturated rings. The zero-order valence-corrected chi connectivity index (χ0v) is 13.5. The van der Waals surface area contributed by atoms with Crippen LogP contribution in [-0.4, -0.2) is 43.0 Å². The first-order chi connectivity index (χ1) is 10.5. The van der Waals surface area contributed by atoms with E-state index >= 15 is 0 Å². The van der Waals surface area contributed by atoms with Gasteiger partial charge in [0.25, 0.3) is 0 Å². The molecule has 0 aromatic heterocycles. The average molecular weight is 307 g/mol. The molecule has 1 atom stereocenters. The van der Waals surface area contributed by atoms with Crippen LogP contribution in [0.25, 0.3) is 0 Å². The Morgan fingerprint density at radius 3 is 2.73 bits per heavy atom. The molecule has 4 nitrogen and oxygen atoms in total. The Morgan fingerprint density at radius 1 is 1.32 bits per heavy atom. The predicted octanol–water partition coefficient (Wildman–Crippen LogP) is 2.54. The number of hydrogen-bond acceptors (Lipinski definition) is 3. The smallest absolute Gasteiger partial charge is 0.238 e. The fourth-order valence-electron chi connectivity index (χ4n) is 2.78. The lowest BCUT2D eigenvalue weighted by atomic mass is 10.1. The predicted molar refractivity (Wildman–Crippen MR) is 87.5 cm³/mol. The van der Waals surface area contributed by atoms with Crippen molar-refractivity contribution in [1.82, 2.24) is 10.2 Å². The molecule has 2 rings (SSSR count). The maximum atomic E-state index is 13.7. The van der Waals surface area contributed by atoms with Crippen molar-refractivity contribution in [1.29, 1.82) is 0 Å². The minimum absolute atomic E-state index is 0.197. The van der Waals surface area contributed by atoms with Crippen LogP contribution < -0.4 is 10.6 Å². The van der Waals surface area contributed by atoms with Gasteiger partial charge in [0.2, 0.25) is 5.91 Å². The molecule has 0 radical (unpaired) electrons. The van der Waals surface area contributed by atoms with Gasteiger partial charge in [0.1, 0.15) is 5.82 Å². The molecular formula is C17H26FN3O. The van der Waals surface area contributed by atoms with Crippen LogP contribution in [0.5, 0.6) is 0 Å². The molecule has 122 valence electrons. The average Bonchev–Trinajstić information content (AvgIpc) is 2.49. The Bertz CT molecular complexity index is 501. The third kappa shape index (κ3) is 5.39. The van der Waals surface area contributed by atoms with Crippen molar-refractivity contribution in [2.45, 2.75) is 39.2 Å². The van der Waals surface area contributed by atoms with Crippen LogP contribution in [0.4, 0.5) is 10.1 Å². The van der Waals surface area contributed by atoms with Crippen LogP contribution >= 0.6 is 0 Å². The second-order valence-electron chi connectivity index (χ2n) is 6.17. The summed E-state index contributed by atoms with van der Waals surface area (Å²) in [6.07, 6.45) is 3.85. The number of rotatable bonds is 6. The quantitative estimate of drug-likeness (QED) is 0.849. The van der Waals surface area contributed by atoms with E-state index in [4.69, 9.17) is 0 Å². The van der Waals surface area contributed by atoms with Crippen LogP contribution in [0.2, 0.25) is 0 Å². The van der Waals surface area contributed by atoms with Crippen molar-refractivity contribution in [2.24, 2.45) is 0 Å². The number of carbonyl (C=O) groups excluding carboxylic acids is 1. The number of likely N-dealkylation sites (tertiary alicyclic amines) is 1. The number of halogens is 1. The number of amides is 1. The van der Waals surface area contributed by atoms with E-state index in [1.807, 2.05) is 6.92 Å². The van der Waals surface area contributed by atoms with Crippen molar-refractivity contribution >= 4 is 11.6 Å². The minimum Gasteiger partial charge on any atom is -0.322 e. The van der Waals surface area contributed by atoms with Gasteiger partial charge in [0.05, 0.1) is 12.2 Å². The third-order valence-corrected chi connectivity index (χ3v) is 3.99. The van der Waals surface area contributed by atoms with Crippen LogP contribution in [0.3, 0.4) is 0 Å².